The minimum Gasteiger partial charge on any atom is -0.371 e. The molecule has 2 bridgehead atoms. The summed E-state index contributed by atoms with van der Waals surface area (Å²) in [6, 6.07) is 9.62. The number of pyridine rings is 2. The van der Waals surface area contributed by atoms with E-state index in [1.54, 1.807) is 12.4 Å². The highest BCUT2D eigenvalue weighted by molar-refractivity contribution is 5.93. The van der Waals surface area contributed by atoms with Crippen molar-refractivity contribution in [2.24, 2.45) is 5.92 Å². The van der Waals surface area contributed by atoms with E-state index in [1.165, 1.54) is 0 Å². The number of carbonyl (C=O) groups is 1. The monoisotopic (exact) mass is 324 g/mol. The molecule has 0 aromatic carbocycles. The second-order valence-electron chi connectivity index (χ2n) is 6.38. The highest BCUT2D eigenvalue weighted by atomic mass is 16.5. The second-order valence-corrected chi connectivity index (χ2v) is 6.38. The zero-order valence-electron chi connectivity index (χ0n) is 13.3. The van der Waals surface area contributed by atoms with Gasteiger partial charge >= 0.3 is 0 Å². The SMILES string of the molecule is O=C(Nc1cccnc1)C1CC2CN(Cc3ccccn3)CC1O2. The van der Waals surface area contributed by atoms with Crippen molar-refractivity contribution in [3.8, 4) is 0 Å². The molecule has 6 nitrogen and oxygen atoms in total. The normalized spacial score (nSPS) is 26.2. The van der Waals surface area contributed by atoms with Crippen molar-refractivity contribution >= 4 is 11.6 Å². The third-order valence-electron chi connectivity index (χ3n) is 4.61. The molecule has 24 heavy (non-hydrogen) atoms. The van der Waals surface area contributed by atoms with Crippen LogP contribution in [0.5, 0.6) is 0 Å². The Kier molecular flexibility index (Phi) is 4.23. The number of carbonyl (C=O) groups excluding carboxylic acids is 1. The Bertz CT molecular complexity index is 695. The van der Waals surface area contributed by atoms with E-state index in [1.807, 2.05) is 36.5 Å². The van der Waals surface area contributed by atoms with E-state index in [2.05, 4.69) is 20.2 Å². The number of fused-ring (bicyclic) bond motifs is 2. The number of likely N-dealkylation sites (tertiary alicyclic amines) is 1. The van der Waals surface area contributed by atoms with E-state index in [4.69, 9.17) is 4.74 Å². The van der Waals surface area contributed by atoms with E-state index in [-0.39, 0.29) is 24.0 Å². The van der Waals surface area contributed by atoms with Crippen LogP contribution in [0.3, 0.4) is 0 Å². The average Bonchev–Trinajstić information content (AvgIpc) is 2.91. The van der Waals surface area contributed by atoms with Crippen LogP contribution in [0.15, 0.2) is 48.9 Å². The number of hydrogen-bond donors (Lipinski definition) is 1. The van der Waals surface area contributed by atoms with Crippen molar-refractivity contribution in [1.82, 2.24) is 14.9 Å². The van der Waals surface area contributed by atoms with Crippen LogP contribution in [0, 0.1) is 5.92 Å². The summed E-state index contributed by atoms with van der Waals surface area (Å²) in [5.41, 5.74) is 1.78. The van der Waals surface area contributed by atoms with Crippen molar-refractivity contribution < 1.29 is 9.53 Å². The van der Waals surface area contributed by atoms with Crippen molar-refractivity contribution in [3.05, 3.63) is 54.6 Å². The molecule has 0 saturated carbocycles. The summed E-state index contributed by atoms with van der Waals surface area (Å²) >= 11 is 0. The smallest absolute Gasteiger partial charge is 0.230 e. The summed E-state index contributed by atoms with van der Waals surface area (Å²) in [5.74, 6) is -0.0841. The van der Waals surface area contributed by atoms with E-state index in [0.717, 1.165) is 37.4 Å². The average molecular weight is 324 g/mol. The van der Waals surface area contributed by atoms with Crippen molar-refractivity contribution in [1.29, 1.82) is 0 Å². The Morgan fingerprint density at radius 1 is 1.25 bits per heavy atom. The minimum absolute atomic E-state index is 0.0233. The van der Waals surface area contributed by atoms with Crippen molar-refractivity contribution in [2.75, 3.05) is 18.4 Å². The number of nitrogens with zero attached hydrogens (tertiary/aromatic N) is 3. The van der Waals surface area contributed by atoms with Gasteiger partial charge in [0.15, 0.2) is 0 Å². The highest BCUT2D eigenvalue weighted by Gasteiger charge is 2.44. The lowest BCUT2D eigenvalue weighted by atomic mass is 9.99. The maximum atomic E-state index is 12.6. The van der Waals surface area contributed by atoms with Gasteiger partial charge < -0.3 is 10.1 Å². The van der Waals surface area contributed by atoms with Gasteiger partial charge in [-0.3, -0.25) is 19.7 Å². The molecule has 1 N–H and O–H groups in total. The molecular formula is C18H20N4O2. The topological polar surface area (TPSA) is 67.4 Å². The highest BCUT2D eigenvalue weighted by Crippen LogP contribution is 2.33. The molecule has 4 heterocycles. The first-order chi connectivity index (χ1) is 11.8. The van der Waals surface area contributed by atoms with Crippen LogP contribution in [0.2, 0.25) is 0 Å². The molecule has 2 aliphatic rings. The first-order valence-electron chi connectivity index (χ1n) is 8.26. The summed E-state index contributed by atoms with van der Waals surface area (Å²) in [6.07, 6.45) is 6.01. The van der Waals surface area contributed by atoms with Gasteiger partial charge in [0.05, 0.1) is 35.7 Å². The van der Waals surface area contributed by atoms with Crippen molar-refractivity contribution in [3.63, 3.8) is 0 Å². The molecular weight excluding hydrogens is 304 g/mol. The van der Waals surface area contributed by atoms with Gasteiger partial charge in [-0.15, -0.1) is 0 Å². The van der Waals surface area contributed by atoms with E-state index in [9.17, 15) is 4.79 Å². The van der Waals surface area contributed by atoms with Gasteiger partial charge in [-0.05, 0) is 30.7 Å². The predicted molar refractivity (Wildman–Crippen MR) is 89.1 cm³/mol. The van der Waals surface area contributed by atoms with E-state index < -0.39 is 0 Å². The minimum atomic E-state index is -0.107. The van der Waals surface area contributed by atoms with Gasteiger partial charge in [0.2, 0.25) is 5.91 Å². The molecule has 4 rings (SSSR count). The summed E-state index contributed by atoms with van der Waals surface area (Å²) in [6.45, 7) is 2.41. The molecule has 2 aromatic rings. The number of rotatable bonds is 4. The summed E-state index contributed by atoms with van der Waals surface area (Å²) in [4.78, 5) is 23.3. The molecule has 2 fully saturated rings. The number of hydrogen-bond acceptors (Lipinski definition) is 5. The molecule has 0 aliphatic carbocycles. The van der Waals surface area contributed by atoms with Crippen LogP contribution in [0.4, 0.5) is 5.69 Å². The second kappa shape index (κ2) is 6.67. The molecule has 6 heteroatoms. The standard InChI is InChI=1S/C18H20N4O2/c23-18(21-13-5-3-6-19-9-13)16-8-15-11-22(12-17(16)24-15)10-14-4-1-2-7-20-14/h1-7,9,15-17H,8,10-12H2,(H,21,23). The zero-order valence-corrected chi connectivity index (χ0v) is 13.3. The number of nitrogens with one attached hydrogen (secondary N) is 1. The van der Waals surface area contributed by atoms with E-state index in [0.29, 0.717) is 0 Å². The van der Waals surface area contributed by atoms with Crippen molar-refractivity contribution in [2.45, 2.75) is 25.2 Å². The van der Waals surface area contributed by atoms with Gasteiger partial charge in [-0.25, -0.2) is 0 Å². The fourth-order valence-electron chi connectivity index (χ4n) is 3.53. The van der Waals surface area contributed by atoms with Gasteiger partial charge in [0.1, 0.15) is 0 Å². The molecule has 0 spiro atoms. The summed E-state index contributed by atoms with van der Waals surface area (Å²) in [7, 11) is 0. The Labute approximate surface area is 140 Å². The third-order valence-corrected chi connectivity index (χ3v) is 4.61. The Morgan fingerprint density at radius 3 is 3.00 bits per heavy atom. The van der Waals surface area contributed by atoms with Gasteiger partial charge in [0, 0.05) is 32.0 Å². The maximum Gasteiger partial charge on any atom is 0.230 e. The molecule has 3 atom stereocenters. The molecule has 124 valence electrons. The quantitative estimate of drug-likeness (QED) is 0.927. The number of amides is 1. The van der Waals surface area contributed by atoms with Gasteiger partial charge in [0.25, 0.3) is 0 Å². The lowest BCUT2D eigenvalue weighted by molar-refractivity contribution is -0.123. The number of aromatic nitrogens is 2. The Hall–Kier alpha value is -2.31. The van der Waals surface area contributed by atoms with Crippen LogP contribution in [0.25, 0.3) is 0 Å². The molecule has 2 aliphatic heterocycles. The zero-order chi connectivity index (χ0) is 16.4. The van der Waals surface area contributed by atoms with Crippen LogP contribution < -0.4 is 5.32 Å². The lowest BCUT2D eigenvalue weighted by Gasteiger charge is -2.32. The third kappa shape index (κ3) is 3.29. The maximum absolute atomic E-state index is 12.6. The molecule has 3 unspecified atom stereocenters. The Balaban J connectivity index is 1.39. The van der Waals surface area contributed by atoms with Crippen LogP contribution in [-0.4, -0.2) is 46.1 Å². The van der Waals surface area contributed by atoms with Crippen LogP contribution in [0.1, 0.15) is 12.1 Å². The Morgan fingerprint density at radius 2 is 2.21 bits per heavy atom. The molecule has 1 amide bonds. The van der Waals surface area contributed by atoms with Crippen LogP contribution in [-0.2, 0) is 16.1 Å². The number of morpholine rings is 1. The lowest BCUT2D eigenvalue weighted by Crippen LogP contribution is -2.44. The molecule has 2 aromatic heterocycles. The molecule has 2 saturated heterocycles. The summed E-state index contributed by atoms with van der Waals surface area (Å²) in [5, 5.41) is 2.95. The summed E-state index contributed by atoms with van der Waals surface area (Å²) < 4.78 is 6.00. The fourth-order valence-corrected chi connectivity index (χ4v) is 3.53. The molecule has 0 radical (unpaired) electrons. The van der Waals surface area contributed by atoms with Crippen LogP contribution >= 0.6 is 0 Å². The number of ether oxygens (including phenoxy) is 1. The predicted octanol–water partition coefficient (Wildman–Crippen LogP) is 1.70. The first-order valence-corrected chi connectivity index (χ1v) is 8.26. The van der Waals surface area contributed by atoms with E-state index >= 15 is 0 Å². The van der Waals surface area contributed by atoms with Gasteiger partial charge in [-0.1, -0.05) is 6.07 Å². The van der Waals surface area contributed by atoms with Gasteiger partial charge in [-0.2, -0.15) is 0 Å². The first kappa shape index (κ1) is 15.2. The fraction of sp³-hybridized carbons (Fsp3) is 0.389. The largest absolute Gasteiger partial charge is 0.371 e. The number of anilines is 1.